The first-order valence-corrected chi connectivity index (χ1v) is 4.53. The molecule has 77 valence electrons. The lowest BCUT2D eigenvalue weighted by Gasteiger charge is -2.01. The molecule has 0 heterocycles. The van der Waals surface area contributed by atoms with Gasteiger partial charge in [0, 0.05) is 12.0 Å². The number of hydrogen-bond donors (Lipinski definition) is 0. The van der Waals surface area contributed by atoms with Crippen LogP contribution in [-0.2, 0) is 4.84 Å². The van der Waals surface area contributed by atoms with Gasteiger partial charge in [0.05, 0.1) is 7.11 Å². The highest BCUT2D eigenvalue weighted by atomic mass is 16.6. The smallest absolute Gasteiger partial charge is 0.143 e. The van der Waals surface area contributed by atoms with Crippen molar-refractivity contribution in [2.45, 2.75) is 6.42 Å². The normalized spacial score (nSPS) is 9.87. The van der Waals surface area contributed by atoms with E-state index < -0.39 is 0 Å². The second-order valence-electron chi connectivity index (χ2n) is 2.69. The van der Waals surface area contributed by atoms with E-state index in [-0.39, 0.29) is 0 Å². The third-order valence-electron chi connectivity index (χ3n) is 1.68. The summed E-state index contributed by atoms with van der Waals surface area (Å²) in [6.07, 6.45) is 8.33. The molecule has 0 aliphatic rings. The standard InChI is InChI=1S/C12H12NO2/c1-3-4-9-15-13-10-11-7-5-6-8-12(11)14-2/h1,5-8H,4,9H2,2H3. The van der Waals surface area contributed by atoms with Crippen LogP contribution >= 0.6 is 0 Å². The second-order valence-corrected chi connectivity index (χ2v) is 2.69. The monoisotopic (exact) mass is 202 g/mol. The van der Waals surface area contributed by atoms with Crippen LogP contribution in [0.25, 0.3) is 0 Å². The zero-order valence-corrected chi connectivity index (χ0v) is 8.56. The molecule has 1 rings (SSSR count). The summed E-state index contributed by atoms with van der Waals surface area (Å²) >= 11 is 0. The van der Waals surface area contributed by atoms with Gasteiger partial charge in [-0.25, -0.2) is 0 Å². The molecular weight excluding hydrogens is 190 g/mol. The number of nitrogens with zero attached hydrogens (tertiary/aromatic N) is 1. The zero-order chi connectivity index (χ0) is 10.9. The number of ether oxygens (including phenoxy) is 1. The molecule has 1 aromatic rings. The van der Waals surface area contributed by atoms with Gasteiger partial charge in [-0.15, -0.1) is 12.3 Å². The minimum absolute atomic E-state index is 0.401. The van der Waals surface area contributed by atoms with Crippen molar-refractivity contribution in [2.24, 2.45) is 5.16 Å². The van der Waals surface area contributed by atoms with Crippen molar-refractivity contribution in [3.8, 4) is 18.1 Å². The highest BCUT2D eigenvalue weighted by Crippen LogP contribution is 2.14. The summed E-state index contributed by atoms with van der Waals surface area (Å²) in [5.74, 6) is 3.16. The van der Waals surface area contributed by atoms with E-state index in [0.717, 1.165) is 5.56 Å². The molecule has 0 bridgehead atoms. The number of rotatable bonds is 5. The van der Waals surface area contributed by atoms with Crippen LogP contribution < -0.4 is 4.74 Å². The largest absolute Gasteiger partial charge is 0.496 e. The van der Waals surface area contributed by atoms with Crippen molar-refractivity contribution in [1.29, 1.82) is 0 Å². The van der Waals surface area contributed by atoms with Crippen LogP contribution in [0.3, 0.4) is 0 Å². The molecule has 15 heavy (non-hydrogen) atoms. The lowest BCUT2D eigenvalue weighted by Crippen LogP contribution is -1.91. The van der Waals surface area contributed by atoms with Crippen LogP contribution in [0.15, 0.2) is 29.4 Å². The number of hydrogen-bond acceptors (Lipinski definition) is 3. The van der Waals surface area contributed by atoms with E-state index >= 15 is 0 Å². The average Bonchev–Trinajstić information content (AvgIpc) is 2.29. The van der Waals surface area contributed by atoms with Gasteiger partial charge in [-0.05, 0) is 12.1 Å². The summed E-state index contributed by atoms with van der Waals surface area (Å²) in [6.45, 7) is 0.401. The molecule has 0 N–H and O–H groups in total. The van der Waals surface area contributed by atoms with Gasteiger partial charge in [0.1, 0.15) is 18.6 Å². The lowest BCUT2D eigenvalue weighted by molar-refractivity contribution is 0.152. The Kier molecular flexibility index (Phi) is 4.82. The quantitative estimate of drug-likeness (QED) is 0.316. The van der Waals surface area contributed by atoms with Gasteiger partial charge in [-0.2, -0.15) is 0 Å². The molecule has 0 saturated carbocycles. The van der Waals surface area contributed by atoms with Gasteiger partial charge in [0.15, 0.2) is 0 Å². The Morgan fingerprint density at radius 3 is 2.93 bits per heavy atom. The molecule has 1 aromatic carbocycles. The molecule has 0 aromatic heterocycles. The van der Waals surface area contributed by atoms with E-state index in [4.69, 9.17) is 16.0 Å². The zero-order valence-electron chi connectivity index (χ0n) is 8.56. The van der Waals surface area contributed by atoms with Crippen LogP contribution in [0, 0.1) is 12.3 Å². The van der Waals surface area contributed by atoms with E-state index in [1.165, 1.54) is 0 Å². The van der Waals surface area contributed by atoms with Gasteiger partial charge < -0.3 is 9.57 Å². The molecule has 0 amide bonds. The maximum atomic E-state index is 5.11. The van der Waals surface area contributed by atoms with E-state index in [2.05, 4.69) is 17.3 Å². The first-order chi connectivity index (χ1) is 7.38. The van der Waals surface area contributed by atoms with Crippen LogP contribution in [0.1, 0.15) is 12.0 Å². The minimum atomic E-state index is 0.401. The SMILES string of the molecule is C#CCCON=[C]c1ccccc1OC. The highest BCUT2D eigenvalue weighted by Gasteiger charge is 1.97. The average molecular weight is 202 g/mol. The molecule has 3 nitrogen and oxygen atoms in total. The van der Waals surface area contributed by atoms with Crippen molar-refractivity contribution < 1.29 is 9.57 Å². The molecule has 0 aliphatic carbocycles. The molecule has 0 atom stereocenters. The first kappa shape index (κ1) is 11.1. The highest BCUT2D eigenvalue weighted by molar-refractivity contribution is 5.82. The molecule has 1 radical (unpaired) electrons. The third-order valence-corrected chi connectivity index (χ3v) is 1.68. The third kappa shape index (κ3) is 3.74. The van der Waals surface area contributed by atoms with E-state index in [0.29, 0.717) is 18.8 Å². The summed E-state index contributed by atoms with van der Waals surface area (Å²) < 4.78 is 5.11. The Morgan fingerprint density at radius 2 is 2.20 bits per heavy atom. The Morgan fingerprint density at radius 1 is 1.40 bits per heavy atom. The van der Waals surface area contributed by atoms with Gasteiger partial charge >= 0.3 is 0 Å². The van der Waals surface area contributed by atoms with E-state index in [1.54, 1.807) is 7.11 Å². The van der Waals surface area contributed by atoms with Crippen LogP contribution in [-0.4, -0.2) is 19.9 Å². The Hall–Kier alpha value is -1.95. The van der Waals surface area contributed by atoms with Crippen molar-refractivity contribution in [2.75, 3.05) is 13.7 Å². The van der Waals surface area contributed by atoms with Crippen LogP contribution in [0.4, 0.5) is 0 Å². The fourth-order valence-corrected chi connectivity index (χ4v) is 0.969. The van der Waals surface area contributed by atoms with Gasteiger partial charge in [-0.3, -0.25) is 0 Å². The molecule has 3 heteroatoms. The van der Waals surface area contributed by atoms with Crippen LogP contribution in [0.2, 0.25) is 0 Å². The molecule has 0 fully saturated rings. The predicted molar refractivity (Wildman–Crippen MR) is 58.9 cm³/mol. The summed E-state index contributed by atoms with van der Waals surface area (Å²) in [6, 6.07) is 7.43. The van der Waals surface area contributed by atoms with Crippen LogP contribution in [0.5, 0.6) is 5.75 Å². The molecule has 0 unspecified atom stereocenters. The van der Waals surface area contributed by atoms with Gasteiger partial charge in [0.25, 0.3) is 0 Å². The fourth-order valence-electron chi connectivity index (χ4n) is 0.969. The Bertz CT molecular complexity index is 366. The minimum Gasteiger partial charge on any atom is -0.496 e. The maximum Gasteiger partial charge on any atom is 0.143 e. The van der Waals surface area contributed by atoms with Gasteiger partial charge in [-0.1, -0.05) is 17.3 Å². The summed E-state index contributed by atoms with van der Waals surface area (Å²) in [4.78, 5) is 4.89. The fraction of sp³-hybridized carbons (Fsp3) is 0.250. The van der Waals surface area contributed by atoms with Gasteiger partial charge in [0.2, 0.25) is 0 Å². The number of benzene rings is 1. The Balaban J connectivity index is 2.52. The maximum absolute atomic E-state index is 5.11. The van der Waals surface area contributed by atoms with Crippen molar-refractivity contribution in [1.82, 2.24) is 0 Å². The summed E-state index contributed by atoms with van der Waals surface area (Å²) in [5, 5.41) is 3.66. The van der Waals surface area contributed by atoms with Crippen molar-refractivity contribution in [3.05, 3.63) is 29.8 Å². The number of methoxy groups -OCH3 is 1. The van der Waals surface area contributed by atoms with Crippen molar-refractivity contribution >= 4 is 6.21 Å². The summed E-state index contributed by atoms with van der Waals surface area (Å²) in [7, 11) is 1.60. The predicted octanol–water partition coefficient (Wildman–Crippen LogP) is 1.95. The topological polar surface area (TPSA) is 30.8 Å². The summed E-state index contributed by atoms with van der Waals surface area (Å²) in [5.41, 5.74) is 0.751. The van der Waals surface area contributed by atoms with E-state index in [9.17, 15) is 0 Å². The second kappa shape index (κ2) is 6.50. The molecule has 0 spiro atoms. The molecular formula is C12H12NO2. The molecule has 0 saturated heterocycles. The number of para-hydroxylation sites is 1. The van der Waals surface area contributed by atoms with Crippen molar-refractivity contribution in [3.63, 3.8) is 0 Å². The first-order valence-electron chi connectivity index (χ1n) is 4.53. The Labute approximate surface area is 89.7 Å². The molecule has 0 aliphatic heterocycles. The lowest BCUT2D eigenvalue weighted by atomic mass is 10.2. The number of terminal acetylenes is 1. The van der Waals surface area contributed by atoms with E-state index in [1.807, 2.05) is 24.3 Å².